The first-order chi connectivity index (χ1) is 7.95. The monoisotopic (exact) mass is 242 g/mol. The highest BCUT2D eigenvalue weighted by Gasteiger charge is 2.12. The van der Waals surface area contributed by atoms with Gasteiger partial charge in [-0.05, 0) is 33.6 Å². The third-order valence-electron chi connectivity index (χ3n) is 3.33. The van der Waals surface area contributed by atoms with Crippen LogP contribution >= 0.6 is 0 Å². The Morgan fingerprint density at radius 3 is 2.29 bits per heavy atom. The molecule has 0 rings (SSSR count). The molecule has 2 atom stereocenters. The molecule has 2 heteroatoms. The highest BCUT2D eigenvalue weighted by Crippen LogP contribution is 2.05. The van der Waals surface area contributed by atoms with Crippen molar-refractivity contribution in [1.82, 2.24) is 0 Å². The molecule has 102 valence electrons. The number of rotatable bonds is 9. The summed E-state index contributed by atoms with van der Waals surface area (Å²) in [6, 6.07) is 0. The Morgan fingerprint density at radius 1 is 1.18 bits per heavy atom. The normalized spacial score (nSPS) is 14.8. The van der Waals surface area contributed by atoms with Crippen molar-refractivity contribution < 1.29 is 9.80 Å². The molecule has 0 saturated carbocycles. The second-order valence-electron chi connectivity index (χ2n) is 5.98. The maximum atomic E-state index is 2.40. The fourth-order valence-electron chi connectivity index (χ4n) is 2.10. The Morgan fingerprint density at radius 2 is 1.82 bits per heavy atom. The Bertz CT molecular complexity index is 205. The summed E-state index contributed by atoms with van der Waals surface area (Å²) in [5, 5.41) is 0. The lowest BCUT2D eigenvalue weighted by atomic mass is 10.0. The predicted octanol–water partition coefficient (Wildman–Crippen LogP) is 0.418. The van der Waals surface area contributed by atoms with Gasteiger partial charge in [0.25, 0.3) is 0 Å². The van der Waals surface area contributed by atoms with E-state index in [4.69, 9.17) is 0 Å². The smallest absolute Gasteiger partial charge is 0.127 e. The van der Waals surface area contributed by atoms with Gasteiger partial charge in [-0.15, -0.1) is 0 Å². The molecule has 2 nitrogen and oxygen atoms in total. The average molecular weight is 242 g/mol. The summed E-state index contributed by atoms with van der Waals surface area (Å²) in [6.07, 6.45) is 4.95. The first-order valence-corrected chi connectivity index (χ1v) is 7.21. The minimum Gasteiger partial charge on any atom is -0.335 e. The third-order valence-corrected chi connectivity index (χ3v) is 3.33. The van der Waals surface area contributed by atoms with E-state index in [2.05, 4.69) is 47.9 Å². The Balaban J connectivity index is 3.81. The van der Waals surface area contributed by atoms with Gasteiger partial charge >= 0.3 is 0 Å². The zero-order valence-corrected chi connectivity index (χ0v) is 12.9. The number of nitrogens with one attached hydrogen (secondary N) is 2. The van der Waals surface area contributed by atoms with Gasteiger partial charge < -0.3 is 9.80 Å². The number of hydrogen-bond acceptors (Lipinski definition) is 0. The molecule has 0 fully saturated rings. The van der Waals surface area contributed by atoms with Crippen LogP contribution in [0.25, 0.3) is 0 Å². The van der Waals surface area contributed by atoms with E-state index in [1.165, 1.54) is 44.6 Å². The van der Waals surface area contributed by atoms with Gasteiger partial charge in [0.05, 0.1) is 27.2 Å². The molecule has 0 bridgehead atoms. The van der Waals surface area contributed by atoms with Crippen LogP contribution in [0.3, 0.4) is 0 Å². The molecule has 0 aliphatic heterocycles. The molecule has 2 N–H and O–H groups in total. The highest BCUT2D eigenvalue weighted by molar-refractivity contribution is 4.92. The predicted molar refractivity (Wildman–Crippen MR) is 76.7 cm³/mol. The van der Waals surface area contributed by atoms with E-state index >= 15 is 0 Å². The van der Waals surface area contributed by atoms with Gasteiger partial charge in [0.15, 0.2) is 0 Å². The largest absolute Gasteiger partial charge is 0.335 e. The summed E-state index contributed by atoms with van der Waals surface area (Å²) in [6.45, 7) is 14.3. The minimum atomic E-state index is 0.845. The van der Waals surface area contributed by atoms with Crippen molar-refractivity contribution in [2.75, 3.05) is 40.3 Å². The van der Waals surface area contributed by atoms with E-state index in [1.807, 2.05) is 0 Å². The summed E-state index contributed by atoms with van der Waals surface area (Å²) >= 11 is 0. The van der Waals surface area contributed by atoms with Crippen molar-refractivity contribution in [3.63, 3.8) is 0 Å². The van der Waals surface area contributed by atoms with Crippen molar-refractivity contribution >= 4 is 0 Å². The second kappa shape index (κ2) is 9.67. The topological polar surface area (TPSA) is 8.88 Å². The minimum absolute atomic E-state index is 0.845. The number of likely N-dealkylation sites (N-methyl/N-ethyl adjacent to an activating group) is 2. The van der Waals surface area contributed by atoms with E-state index in [0.29, 0.717) is 0 Å². The van der Waals surface area contributed by atoms with Crippen molar-refractivity contribution in [2.24, 2.45) is 5.92 Å². The van der Waals surface area contributed by atoms with Crippen LogP contribution in [0.4, 0.5) is 0 Å². The summed E-state index contributed by atoms with van der Waals surface area (Å²) in [5.41, 5.74) is 1.45. The van der Waals surface area contributed by atoms with Gasteiger partial charge in [0.1, 0.15) is 13.1 Å². The molecule has 17 heavy (non-hydrogen) atoms. The van der Waals surface area contributed by atoms with Crippen LogP contribution in [0.1, 0.15) is 40.5 Å². The van der Waals surface area contributed by atoms with Crippen LogP contribution < -0.4 is 9.80 Å². The molecule has 1 unspecified atom stereocenters. The van der Waals surface area contributed by atoms with Crippen molar-refractivity contribution in [2.45, 2.75) is 40.5 Å². The first kappa shape index (κ1) is 16.7. The lowest BCUT2D eigenvalue weighted by molar-refractivity contribution is -0.942. The van der Waals surface area contributed by atoms with Crippen LogP contribution in [0.5, 0.6) is 0 Å². The molecule has 0 saturated heterocycles. The van der Waals surface area contributed by atoms with E-state index < -0.39 is 0 Å². The Hall–Kier alpha value is -0.340. The van der Waals surface area contributed by atoms with Crippen molar-refractivity contribution in [3.05, 3.63) is 11.6 Å². The van der Waals surface area contributed by atoms with Crippen LogP contribution in [0.15, 0.2) is 11.6 Å². The fraction of sp³-hybridized carbons (Fsp3) is 0.867. The quantitative estimate of drug-likeness (QED) is 0.542. The number of quaternary nitrogens is 2. The number of hydrogen-bond donors (Lipinski definition) is 2. The third kappa shape index (κ3) is 10.5. The lowest BCUT2D eigenvalue weighted by Gasteiger charge is -2.21. The van der Waals surface area contributed by atoms with Gasteiger partial charge in [0, 0.05) is 5.92 Å². The fourth-order valence-corrected chi connectivity index (χ4v) is 2.10. The first-order valence-electron chi connectivity index (χ1n) is 7.21. The van der Waals surface area contributed by atoms with Crippen LogP contribution in [0, 0.1) is 5.92 Å². The molecule has 0 aliphatic carbocycles. The van der Waals surface area contributed by atoms with Crippen LogP contribution in [-0.2, 0) is 0 Å². The van der Waals surface area contributed by atoms with Crippen molar-refractivity contribution in [1.29, 1.82) is 0 Å². The molecule has 0 heterocycles. The van der Waals surface area contributed by atoms with Crippen LogP contribution in [0.2, 0.25) is 0 Å². The van der Waals surface area contributed by atoms with Gasteiger partial charge in [0.2, 0.25) is 0 Å². The van der Waals surface area contributed by atoms with Gasteiger partial charge in [-0.2, -0.15) is 0 Å². The molecule has 0 aromatic rings. The zero-order valence-electron chi connectivity index (χ0n) is 12.9. The zero-order chi connectivity index (χ0) is 13.3. The van der Waals surface area contributed by atoms with E-state index in [9.17, 15) is 0 Å². The van der Waals surface area contributed by atoms with E-state index in [-0.39, 0.29) is 0 Å². The van der Waals surface area contributed by atoms with Crippen LogP contribution in [-0.4, -0.2) is 40.3 Å². The van der Waals surface area contributed by atoms with Gasteiger partial charge in [-0.1, -0.05) is 18.6 Å². The average Bonchev–Trinajstić information content (AvgIpc) is 2.23. The van der Waals surface area contributed by atoms with Gasteiger partial charge in [-0.25, -0.2) is 0 Å². The summed E-state index contributed by atoms with van der Waals surface area (Å²) < 4.78 is 0. The maximum Gasteiger partial charge on any atom is 0.127 e. The SMILES string of the molecule is CC[NH+](CC[NH+](C)C)C[C@@H](C)CCC=C(C)C. The molecule has 0 spiro atoms. The Kier molecular flexibility index (Phi) is 9.47. The second-order valence-corrected chi connectivity index (χ2v) is 5.98. The van der Waals surface area contributed by atoms with Crippen molar-refractivity contribution in [3.8, 4) is 0 Å². The highest BCUT2D eigenvalue weighted by atomic mass is 15.2. The van der Waals surface area contributed by atoms with E-state index in [1.54, 1.807) is 9.80 Å². The summed E-state index contributed by atoms with van der Waals surface area (Å²) in [5.74, 6) is 0.845. The van der Waals surface area contributed by atoms with E-state index in [0.717, 1.165) is 5.92 Å². The molecular weight excluding hydrogens is 208 g/mol. The molecule has 0 aromatic heterocycles. The Labute approximate surface area is 109 Å². The molecule has 0 amide bonds. The summed E-state index contributed by atoms with van der Waals surface area (Å²) in [4.78, 5) is 3.32. The maximum absolute atomic E-state index is 2.40. The lowest BCUT2D eigenvalue weighted by Crippen LogP contribution is -3.18. The molecule has 0 aliphatic rings. The molecular formula is C15H34N2+2. The number of allylic oxidation sites excluding steroid dienone is 2. The molecule has 0 radical (unpaired) electrons. The summed E-state index contributed by atoms with van der Waals surface area (Å²) in [7, 11) is 4.48. The van der Waals surface area contributed by atoms with Gasteiger partial charge in [-0.3, -0.25) is 0 Å². The standard InChI is InChI=1S/C15H32N2/c1-7-17(12-11-16(5)6)13-15(4)10-8-9-14(2)3/h9,15H,7-8,10-13H2,1-6H3/p+2/t15-/m0/s1. The molecule has 0 aromatic carbocycles.